The maximum absolute atomic E-state index is 13.2. The van der Waals surface area contributed by atoms with Crippen molar-refractivity contribution in [1.82, 2.24) is 4.98 Å². The molecule has 0 bridgehead atoms. The zero-order chi connectivity index (χ0) is 20.8. The van der Waals surface area contributed by atoms with E-state index < -0.39 is 9.84 Å². The third-order valence-electron chi connectivity index (χ3n) is 5.10. The molecular weight excluding hydrogens is 384 g/mol. The lowest BCUT2D eigenvalue weighted by atomic mass is 10.1. The van der Waals surface area contributed by atoms with Gasteiger partial charge < -0.3 is 15.5 Å². The van der Waals surface area contributed by atoms with Crippen LogP contribution in [0.1, 0.15) is 16.7 Å². The quantitative estimate of drug-likeness (QED) is 0.450. The molecule has 4 aromatic rings. The molecule has 3 aromatic carbocycles. The first-order valence-electron chi connectivity index (χ1n) is 9.24. The van der Waals surface area contributed by atoms with Crippen molar-refractivity contribution in [1.29, 1.82) is 0 Å². The first-order valence-corrected chi connectivity index (χ1v) is 10.7. The highest BCUT2D eigenvalue weighted by molar-refractivity contribution is 7.91. The summed E-state index contributed by atoms with van der Waals surface area (Å²) in [6.07, 6.45) is 1.53. The van der Waals surface area contributed by atoms with E-state index in [1.165, 1.54) is 6.20 Å². The predicted molar refractivity (Wildman–Crippen MR) is 115 cm³/mol. The van der Waals surface area contributed by atoms with Gasteiger partial charge in [-0.15, -0.1) is 0 Å². The number of hydrogen-bond acceptors (Lipinski definition) is 4. The summed E-state index contributed by atoms with van der Waals surface area (Å²) in [6.45, 7) is 5.77. The molecule has 0 saturated carbocycles. The summed E-state index contributed by atoms with van der Waals surface area (Å²) in [5.74, 6) is 1.23. The lowest BCUT2D eigenvalue weighted by Crippen LogP contribution is -2.01. The van der Waals surface area contributed by atoms with E-state index in [2.05, 4.69) is 4.98 Å². The minimum absolute atomic E-state index is 0.225. The number of aromatic amines is 1. The second-order valence-corrected chi connectivity index (χ2v) is 9.12. The fourth-order valence-electron chi connectivity index (χ4n) is 3.32. The Kier molecular flexibility index (Phi) is 4.59. The lowest BCUT2D eigenvalue weighted by molar-refractivity contribution is 0.476. The smallest absolute Gasteiger partial charge is 0.208 e. The summed E-state index contributed by atoms with van der Waals surface area (Å²) in [4.78, 5) is 3.53. The van der Waals surface area contributed by atoms with Crippen molar-refractivity contribution in [3.05, 3.63) is 77.5 Å². The van der Waals surface area contributed by atoms with Crippen molar-refractivity contribution in [2.45, 2.75) is 30.6 Å². The molecule has 5 nitrogen and oxygen atoms in total. The highest BCUT2D eigenvalue weighted by Gasteiger charge is 2.22. The van der Waals surface area contributed by atoms with Crippen molar-refractivity contribution in [2.75, 3.05) is 5.73 Å². The number of rotatable bonds is 4. The summed E-state index contributed by atoms with van der Waals surface area (Å²) in [7, 11) is -3.66. The van der Waals surface area contributed by atoms with Gasteiger partial charge in [0.1, 0.15) is 11.5 Å². The number of fused-ring (bicyclic) bond motifs is 1. The van der Waals surface area contributed by atoms with Gasteiger partial charge in [-0.05, 0) is 62.7 Å². The average molecular weight is 407 g/mol. The number of nitrogens with one attached hydrogen (secondary N) is 1. The molecule has 0 amide bonds. The average Bonchev–Trinajstić information content (AvgIpc) is 3.13. The molecule has 0 aliphatic carbocycles. The molecule has 0 unspecified atom stereocenters. The number of nitrogen functional groups attached to an aromatic ring is 1. The van der Waals surface area contributed by atoms with E-state index in [0.29, 0.717) is 22.6 Å². The van der Waals surface area contributed by atoms with Crippen LogP contribution in [0.3, 0.4) is 0 Å². The summed E-state index contributed by atoms with van der Waals surface area (Å²) < 4.78 is 32.4. The standard InChI is InChI=1S/C23H22N2O3S/c1-14-4-8-18(9-5-14)29(26,27)22-13-25-21-11-7-17(12-19(21)22)28-23-15(2)6-10-20(24)16(23)3/h4-13,25H,24H2,1-3H3. The van der Waals surface area contributed by atoms with Crippen LogP contribution in [0.25, 0.3) is 10.9 Å². The normalized spacial score (nSPS) is 11.7. The number of aryl methyl sites for hydroxylation is 2. The number of aromatic nitrogens is 1. The second kappa shape index (κ2) is 6.97. The molecule has 29 heavy (non-hydrogen) atoms. The van der Waals surface area contributed by atoms with Gasteiger partial charge in [0.2, 0.25) is 9.84 Å². The van der Waals surface area contributed by atoms with Gasteiger partial charge in [0, 0.05) is 28.4 Å². The van der Waals surface area contributed by atoms with E-state index in [1.54, 1.807) is 30.3 Å². The SMILES string of the molecule is Cc1ccc(S(=O)(=O)c2c[nH]c3ccc(Oc4c(C)ccc(N)c4C)cc23)cc1. The van der Waals surface area contributed by atoms with E-state index in [-0.39, 0.29) is 9.79 Å². The van der Waals surface area contributed by atoms with Crippen LogP contribution in [-0.4, -0.2) is 13.4 Å². The Hall–Kier alpha value is -3.25. The summed E-state index contributed by atoms with van der Waals surface area (Å²) in [6, 6.07) is 16.0. The van der Waals surface area contributed by atoms with Gasteiger partial charge in [-0.25, -0.2) is 8.42 Å². The molecule has 1 heterocycles. The van der Waals surface area contributed by atoms with Crippen LogP contribution in [0.4, 0.5) is 5.69 Å². The minimum atomic E-state index is -3.66. The molecular formula is C23H22N2O3S. The first kappa shape index (κ1) is 19.1. The van der Waals surface area contributed by atoms with Gasteiger partial charge in [0.15, 0.2) is 0 Å². The molecule has 4 rings (SSSR count). The van der Waals surface area contributed by atoms with Gasteiger partial charge in [0.05, 0.1) is 9.79 Å². The molecule has 0 saturated heterocycles. The molecule has 1 aromatic heterocycles. The summed E-state index contributed by atoms with van der Waals surface area (Å²) >= 11 is 0. The minimum Gasteiger partial charge on any atom is -0.457 e. The topological polar surface area (TPSA) is 85.2 Å². The Morgan fingerprint density at radius 2 is 1.66 bits per heavy atom. The van der Waals surface area contributed by atoms with Crippen LogP contribution < -0.4 is 10.5 Å². The van der Waals surface area contributed by atoms with Crippen molar-refractivity contribution in [3.8, 4) is 11.5 Å². The summed E-state index contributed by atoms with van der Waals surface area (Å²) in [5.41, 5.74) is 10.2. The molecule has 148 valence electrons. The van der Waals surface area contributed by atoms with Gasteiger partial charge in [-0.3, -0.25) is 0 Å². The molecule has 0 fully saturated rings. The van der Waals surface area contributed by atoms with Crippen LogP contribution in [0.2, 0.25) is 0 Å². The third-order valence-corrected chi connectivity index (χ3v) is 6.91. The third kappa shape index (κ3) is 3.36. The molecule has 0 aliphatic rings. The molecule has 0 aliphatic heterocycles. The van der Waals surface area contributed by atoms with Crippen molar-refractivity contribution in [3.63, 3.8) is 0 Å². The fraction of sp³-hybridized carbons (Fsp3) is 0.130. The van der Waals surface area contributed by atoms with Crippen LogP contribution >= 0.6 is 0 Å². The van der Waals surface area contributed by atoms with Gasteiger partial charge >= 0.3 is 0 Å². The zero-order valence-electron chi connectivity index (χ0n) is 16.5. The van der Waals surface area contributed by atoms with Gasteiger partial charge in [0.25, 0.3) is 0 Å². The molecule has 0 atom stereocenters. The number of benzene rings is 3. The molecule has 6 heteroatoms. The maximum Gasteiger partial charge on any atom is 0.208 e. The largest absolute Gasteiger partial charge is 0.457 e. The predicted octanol–water partition coefficient (Wildman–Crippen LogP) is 5.30. The number of H-pyrrole nitrogens is 1. The van der Waals surface area contributed by atoms with Crippen LogP contribution in [0.5, 0.6) is 11.5 Å². The van der Waals surface area contributed by atoms with Crippen molar-refractivity contribution < 1.29 is 13.2 Å². The fourth-order valence-corrected chi connectivity index (χ4v) is 4.74. The summed E-state index contributed by atoms with van der Waals surface area (Å²) in [5, 5.41) is 0.585. The Labute approximate surface area is 170 Å². The van der Waals surface area contributed by atoms with Gasteiger partial charge in [-0.2, -0.15) is 0 Å². The Morgan fingerprint density at radius 1 is 0.931 bits per heavy atom. The van der Waals surface area contributed by atoms with E-state index in [0.717, 1.165) is 22.2 Å². The molecule has 0 spiro atoms. The lowest BCUT2D eigenvalue weighted by Gasteiger charge is -2.13. The Bertz CT molecular complexity index is 1320. The van der Waals surface area contributed by atoms with Gasteiger partial charge in [-0.1, -0.05) is 23.8 Å². The van der Waals surface area contributed by atoms with Crippen molar-refractivity contribution >= 4 is 26.4 Å². The molecule has 3 N–H and O–H groups in total. The number of ether oxygens (including phenoxy) is 1. The first-order chi connectivity index (χ1) is 13.8. The van der Waals surface area contributed by atoms with Crippen LogP contribution in [-0.2, 0) is 9.84 Å². The number of sulfone groups is 1. The number of anilines is 1. The Morgan fingerprint density at radius 3 is 2.38 bits per heavy atom. The highest BCUT2D eigenvalue weighted by atomic mass is 32.2. The van der Waals surface area contributed by atoms with E-state index in [9.17, 15) is 8.42 Å². The van der Waals surface area contributed by atoms with Crippen LogP contribution in [0, 0.1) is 20.8 Å². The van der Waals surface area contributed by atoms with E-state index >= 15 is 0 Å². The van der Waals surface area contributed by atoms with E-state index in [1.807, 2.05) is 45.0 Å². The number of hydrogen-bond donors (Lipinski definition) is 2. The van der Waals surface area contributed by atoms with Crippen molar-refractivity contribution in [2.24, 2.45) is 0 Å². The molecule has 0 radical (unpaired) electrons. The van der Waals surface area contributed by atoms with E-state index in [4.69, 9.17) is 10.5 Å². The monoisotopic (exact) mass is 406 g/mol. The highest BCUT2D eigenvalue weighted by Crippen LogP contribution is 2.35. The Balaban J connectivity index is 1.80. The number of nitrogens with two attached hydrogens (primary N) is 1. The maximum atomic E-state index is 13.2. The second-order valence-electron chi connectivity index (χ2n) is 7.20. The zero-order valence-corrected chi connectivity index (χ0v) is 17.3. The van der Waals surface area contributed by atoms with Crippen LogP contribution in [0.15, 0.2) is 70.6 Å².